The average molecular weight is 538 g/mol. The van der Waals surface area contributed by atoms with Gasteiger partial charge in [-0.05, 0) is 73.7 Å². The number of rotatable bonds is 8. The predicted molar refractivity (Wildman–Crippen MR) is 142 cm³/mol. The summed E-state index contributed by atoms with van der Waals surface area (Å²) in [5, 5.41) is 23.9. The number of hydrogen-bond acceptors (Lipinski definition) is 6. The van der Waals surface area contributed by atoms with Gasteiger partial charge in [-0.2, -0.15) is 0 Å². The molecule has 10 nitrogen and oxygen atoms in total. The van der Waals surface area contributed by atoms with Crippen LogP contribution in [0.1, 0.15) is 30.4 Å². The second-order valence-corrected chi connectivity index (χ2v) is 9.66. The number of carboxylic acids is 2. The number of benzene rings is 2. The minimum Gasteiger partial charge on any atom is -0.473 e. The van der Waals surface area contributed by atoms with Crippen molar-refractivity contribution in [1.29, 1.82) is 0 Å². The summed E-state index contributed by atoms with van der Waals surface area (Å²) in [5.41, 5.74) is 4.38. The lowest BCUT2D eigenvalue weighted by molar-refractivity contribution is -0.159. The largest absolute Gasteiger partial charge is 0.473 e. The third-order valence-corrected chi connectivity index (χ3v) is 7.19. The molecule has 1 aliphatic rings. The Hall–Kier alpha value is -4.09. The predicted octanol–water partition coefficient (Wildman–Crippen LogP) is 3.70. The van der Waals surface area contributed by atoms with Crippen LogP contribution in [0.3, 0.4) is 0 Å². The summed E-state index contributed by atoms with van der Waals surface area (Å²) < 4.78 is 21.5. The molecule has 11 heteroatoms. The Morgan fingerprint density at radius 3 is 2.44 bits per heavy atom. The quantitative estimate of drug-likeness (QED) is 0.290. The van der Waals surface area contributed by atoms with E-state index in [1.54, 1.807) is 31.9 Å². The highest BCUT2D eigenvalue weighted by atomic mass is 19.1. The third kappa shape index (κ3) is 7.27. The maximum Gasteiger partial charge on any atom is 0.414 e. The van der Waals surface area contributed by atoms with E-state index in [0.717, 1.165) is 68.5 Å². The Bertz CT molecular complexity index is 1380. The third-order valence-electron chi connectivity index (χ3n) is 7.19. The summed E-state index contributed by atoms with van der Waals surface area (Å²) in [6.07, 6.45) is 10.4. The SMILES string of the molecule is COC1(Cc2cccc(F)c2)CCN(CCCc2c[nH]c3ccc(-n4cnnc4)cc23)CC1.O=C(O)C(=O)O. The van der Waals surface area contributed by atoms with Crippen LogP contribution in [0, 0.1) is 5.82 Å². The van der Waals surface area contributed by atoms with Gasteiger partial charge in [-0.25, -0.2) is 14.0 Å². The lowest BCUT2D eigenvalue weighted by atomic mass is 9.85. The van der Waals surface area contributed by atoms with Gasteiger partial charge in [-0.3, -0.25) is 4.57 Å². The lowest BCUT2D eigenvalue weighted by Crippen LogP contribution is -2.47. The highest BCUT2D eigenvalue weighted by molar-refractivity contribution is 6.27. The maximum absolute atomic E-state index is 13.6. The molecule has 3 N–H and O–H groups in total. The zero-order valence-corrected chi connectivity index (χ0v) is 21.7. The molecule has 206 valence electrons. The first-order valence-electron chi connectivity index (χ1n) is 12.7. The summed E-state index contributed by atoms with van der Waals surface area (Å²) in [5.74, 6) is -3.83. The molecule has 3 heterocycles. The van der Waals surface area contributed by atoms with Crippen LogP contribution in [0.15, 0.2) is 61.3 Å². The fourth-order valence-electron chi connectivity index (χ4n) is 5.02. The van der Waals surface area contributed by atoms with Gasteiger partial charge in [0.1, 0.15) is 18.5 Å². The van der Waals surface area contributed by atoms with Gasteiger partial charge < -0.3 is 24.8 Å². The molecular formula is C28H32FN5O5. The van der Waals surface area contributed by atoms with Crippen LogP contribution in [0.2, 0.25) is 0 Å². The molecule has 0 spiro atoms. The zero-order valence-electron chi connectivity index (χ0n) is 21.7. The Morgan fingerprint density at radius 1 is 1.08 bits per heavy atom. The number of aromatic amines is 1. The normalized spacial score (nSPS) is 15.0. The summed E-state index contributed by atoms with van der Waals surface area (Å²) in [6, 6.07) is 13.3. The van der Waals surface area contributed by atoms with E-state index in [-0.39, 0.29) is 11.4 Å². The Balaban J connectivity index is 0.000000531. The molecule has 0 saturated carbocycles. The summed E-state index contributed by atoms with van der Waals surface area (Å²) >= 11 is 0. The van der Waals surface area contributed by atoms with Crippen LogP contribution < -0.4 is 0 Å². The molecule has 1 aliphatic heterocycles. The fraction of sp³-hybridized carbons (Fsp3) is 0.357. The molecule has 0 bridgehead atoms. The van der Waals surface area contributed by atoms with E-state index in [0.29, 0.717) is 0 Å². The minimum atomic E-state index is -1.82. The fourth-order valence-corrected chi connectivity index (χ4v) is 5.02. The lowest BCUT2D eigenvalue weighted by Gasteiger charge is -2.41. The van der Waals surface area contributed by atoms with Crippen molar-refractivity contribution in [2.24, 2.45) is 0 Å². The van der Waals surface area contributed by atoms with Crippen LogP contribution in [0.25, 0.3) is 16.6 Å². The van der Waals surface area contributed by atoms with E-state index in [9.17, 15) is 4.39 Å². The minimum absolute atomic E-state index is 0.178. The number of carboxylic acid groups (broad SMARTS) is 2. The first kappa shape index (κ1) is 27.9. The van der Waals surface area contributed by atoms with Crippen LogP contribution in [-0.4, -0.2) is 79.1 Å². The summed E-state index contributed by atoms with van der Waals surface area (Å²) in [4.78, 5) is 24.1. The van der Waals surface area contributed by atoms with Crippen molar-refractivity contribution in [2.75, 3.05) is 26.7 Å². The number of nitrogens with one attached hydrogen (secondary N) is 1. The van der Waals surface area contributed by atoms with Gasteiger partial charge in [-0.15, -0.1) is 10.2 Å². The number of aliphatic carboxylic acids is 2. The Labute approximate surface area is 225 Å². The number of aromatic nitrogens is 4. The number of H-pyrrole nitrogens is 1. The van der Waals surface area contributed by atoms with Crippen molar-refractivity contribution in [1.82, 2.24) is 24.6 Å². The topological polar surface area (TPSA) is 134 Å². The highest BCUT2D eigenvalue weighted by Gasteiger charge is 2.34. The van der Waals surface area contributed by atoms with Crippen LogP contribution >= 0.6 is 0 Å². The van der Waals surface area contributed by atoms with E-state index in [2.05, 4.69) is 44.5 Å². The second kappa shape index (κ2) is 12.6. The van der Waals surface area contributed by atoms with Gasteiger partial charge in [0.2, 0.25) is 0 Å². The number of ether oxygens (including phenoxy) is 1. The molecule has 0 radical (unpaired) electrons. The van der Waals surface area contributed by atoms with Gasteiger partial charge in [0, 0.05) is 49.4 Å². The van der Waals surface area contributed by atoms with Gasteiger partial charge in [0.05, 0.1) is 5.60 Å². The van der Waals surface area contributed by atoms with E-state index in [1.807, 2.05) is 10.6 Å². The zero-order chi connectivity index (χ0) is 27.8. The monoisotopic (exact) mass is 537 g/mol. The first-order valence-corrected chi connectivity index (χ1v) is 12.7. The van der Waals surface area contributed by atoms with Crippen molar-refractivity contribution in [3.63, 3.8) is 0 Å². The Kier molecular flexibility index (Phi) is 9.05. The number of methoxy groups -OCH3 is 1. The number of aryl methyl sites for hydroxylation is 1. The molecule has 0 atom stereocenters. The number of hydrogen-bond donors (Lipinski definition) is 3. The molecule has 2 aromatic heterocycles. The number of halogens is 1. The van der Waals surface area contributed by atoms with Crippen molar-refractivity contribution in [3.8, 4) is 5.69 Å². The van der Waals surface area contributed by atoms with Crippen LogP contribution in [0.4, 0.5) is 4.39 Å². The molecule has 0 amide bonds. The van der Waals surface area contributed by atoms with E-state index >= 15 is 0 Å². The molecule has 39 heavy (non-hydrogen) atoms. The van der Waals surface area contributed by atoms with Gasteiger partial charge in [0.15, 0.2) is 0 Å². The number of piperidine rings is 1. The number of fused-ring (bicyclic) bond motifs is 1. The maximum atomic E-state index is 13.6. The summed E-state index contributed by atoms with van der Waals surface area (Å²) in [7, 11) is 1.79. The molecule has 2 aromatic carbocycles. The molecule has 5 rings (SSSR count). The van der Waals surface area contributed by atoms with Gasteiger partial charge in [0.25, 0.3) is 0 Å². The standard InChI is InChI=1S/C26H30FN5O.C2H2O4/c1-33-26(16-20-4-2-6-22(27)14-20)9-12-31(13-10-26)11-3-5-21-17-28-25-8-7-23(15-24(21)25)32-18-29-30-19-32;3-1(4)2(5)6/h2,4,6-8,14-15,17-19,28H,3,5,9-13,16H2,1H3;(H,3,4)(H,5,6). The Morgan fingerprint density at radius 2 is 1.79 bits per heavy atom. The van der Waals surface area contributed by atoms with Crippen LogP contribution in [0.5, 0.6) is 0 Å². The van der Waals surface area contributed by atoms with Gasteiger partial charge in [-0.1, -0.05) is 12.1 Å². The van der Waals surface area contributed by atoms with Crippen molar-refractivity contribution < 1.29 is 28.9 Å². The molecule has 1 fully saturated rings. The van der Waals surface area contributed by atoms with Gasteiger partial charge >= 0.3 is 11.9 Å². The van der Waals surface area contributed by atoms with E-state index in [1.165, 1.54) is 17.0 Å². The summed E-state index contributed by atoms with van der Waals surface area (Å²) in [6.45, 7) is 3.08. The van der Waals surface area contributed by atoms with E-state index < -0.39 is 11.9 Å². The number of nitrogens with zero attached hydrogens (tertiary/aromatic N) is 4. The second-order valence-electron chi connectivity index (χ2n) is 9.66. The van der Waals surface area contributed by atoms with Crippen molar-refractivity contribution in [3.05, 3.63) is 78.3 Å². The molecular weight excluding hydrogens is 505 g/mol. The van der Waals surface area contributed by atoms with Crippen LogP contribution in [-0.2, 0) is 27.2 Å². The molecule has 4 aromatic rings. The van der Waals surface area contributed by atoms with Crippen molar-refractivity contribution >= 4 is 22.8 Å². The smallest absolute Gasteiger partial charge is 0.414 e. The molecule has 1 saturated heterocycles. The highest BCUT2D eigenvalue weighted by Crippen LogP contribution is 2.30. The number of carbonyl (C=O) groups is 2. The average Bonchev–Trinajstić information content (AvgIpc) is 3.60. The van der Waals surface area contributed by atoms with Crippen molar-refractivity contribution in [2.45, 2.75) is 37.7 Å². The first-order chi connectivity index (χ1) is 18.8. The molecule has 0 unspecified atom stereocenters. The van der Waals surface area contributed by atoms with E-state index in [4.69, 9.17) is 24.5 Å². The molecule has 0 aliphatic carbocycles. The number of likely N-dealkylation sites (tertiary alicyclic amines) is 1.